The van der Waals surface area contributed by atoms with Gasteiger partial charge in [-0.3, -0.25) is 8.98 Å². The summed E-state index contributed by atoms with van der Waals surface area (Å²) in [5.74, 6) is -1.72. The molecule has 1 aliphatic carbocycles. The van der Waals surface area contributed by atoms with Gasteiger partial charge < -0.3 is 15.5 Å². The summed E-state index contributed by atoms with van der Waals surface area (Å²) in [7, 11) is -0.360. The van der Waals surface area contributed by atoms with Crippen LogP contribution in [-0.4, -0.2) is 52.6 Å². The summed E-state index contributed by atoms with van der Waals surface area (Å²) in [6.07, 6.45) is 2.62. The molecular formula is C34H42F3N3O4S2. The van der Waals surface area contributed by atoms with Crippen molar-refractivity contribution in [1.29, 1.82) is 0 Å². The molecule has 2 aliphatic rings. The van der Waals surface area contributed by atoms with E-state index in [-0.39, 0.29) is 30.3 Å². The predicted molar refractivity (Wildman–Crippen MR) is 178 cm³/mol. The van der Waals surface area contributed by atoms with Gasteiger partial charge in [0.15, 0.2) is 0 Å². The molecule has 3 aromatic carbocycles. The molecule has 0 aromatic heterocycles. The van der Waals surface area contributed by atoms with Gasteiger partial charge in [-0.25, -0.2) is 0 Å². The van der Waals surface area contributed by atoms with Gasteiger partial charge in [0.05, 0.1) is 6.61 Å². The monoisotopic (exact) mass is 677 g/mol. The first kappa shape index (κ1) is 34.4. The van der Waals surface area contributed by atoms with E-state index in [1.807, 2.05) is 49.3 Å². The maximum absolute atomic E-state index is 13.4. The predicted octanol–water partition coefficient (Wildman–Crippen LogP) is 8.06. The van der Waals surface area contributed by atoms with Crippen LogP contribution in [0.25, 0.3) is 10.8 Å². The molecule has 1 saturated carbocycles. The zero-order chi connectivity index (χ0) is 33.1. The van der Waals surface area contributed by atoms with Crippen LogP contribution in [0.1, 0.15) is 69.8 Å². The topological polar surface area (TPSA) is 87.7 Å². The van der Waals surface area contributed by atoms with Gasteiger partial charge in [-0.05, 0) is 66.8 Å². The van der Waals surface area contributed by atoms with Crippen LogP contribution in [0, 0.1) is 5.92 Å². The Balaban J connectivity index is 1.29. The molecular weight excluding hydrogens is 636 g/mol. The lowest BCUT2D eigenvalue weighted by Crippen LogP contribution is -2.66. The van der Waals surface area contributed by atoms with Crippen molar-refractivity contribution in [2.75, 3.05) is 36.7 Å². The molecule has 0 saturated heterocycles. The third-order valence-corrected chi connectivity index (χ3v) is 11.5. The van der Waals surface area contributed by atoms with E-state index in [0.29, 0.717) is 11.1 Å². The van der Waals surface area contributed by atoms with E-state index in [0.717, 1.165) is 40.1 Å². The molecule has 2 N–H and O–H groups in total. The third-order valence-electron chi connectivity index (χ3n) is 9.00. The maximum Gasteiger partial charge on any atom is 0.471 e. The summed E-state index contributed by atoms with van der Waals surface area (Å²) in [4.78, 5) is 15.1. The van der Waals surface area contributed by atoms with Crippen LogP contribution in [0.4, 0.5) is 24.5 Å². The average Bonchev–Trinajstić information content (AvgIpc) is 3.24. The van der Waals surface area contributed by atoms with Gasteiger partial charge in [0.2, 0.25) is 0 Å². The fourth-order valence-corrected chi connectivity index (χ4v) is 8.90. The Hall–Kier alpha value is -2.96. The molecule has 0 spiro atoms. The second-order valence-corrected chi connectivity index (χ2v) is 15.2. The minimum atomic E-state index is -5.03. The number of unbranched alkanes of at least 4 members (excludes halogenated alkanes) is 5. The molecule has 7 nitrogen and oxygen atoms in total. The highest BCUT2D eigenvalue weighted by Gasteiger charge is 2.61. The first-order chi connectivity index (χ1) is 21.9. The van der Waals surface area contributed by atoms with Crippen LogP contribution in [0.15, 0.2) is 64.4 Å². The number of carbonyl (C=O) groups is 1. The number of rotatable bonds is 15. The van der Waals surface area contributed by atoms with Crippen molar-refractivity contribution >= 4 is 49.9 Å². The maximum atomic E-state index is 13.4. The van der Waals surface area contributed by atoms with Gasteiger partial charge in [0, 0.05) is 47.1 Å². The van der Waals surface area contributed by atoms with Crippen molar-refractivity contribution in [1.82, 2.24) is 5.32 Å². The Kier molecular flexibility index (Phi) is 10.5. The molecule has 46 heavy (non-hydrogen) atoms. The largest absolute Gasteiger partial charge is 0.471 e. The number of nitrogens with zero attached hydrogens (tertiary/aromatic N) is 1. The lowest BCUT2D eigenvalue weighted by Gasteiger charge is -2.51. The van der Waals surface area contributed by atoms with Gasteiger partial charge in [-0.15, -0.1) is 11.8 Å². The summed E-state index contributed by atoms with van der Waals surface area (Å²) in [6.45, 7) is 2.05. The van der Waals surface area contributed by atoms with Gasteiger partial charge in [0.25, 0.3) is 10.1 Å². The minimum absolute atomic E-state index is 0.0639. The van der Waals surface area contributed by atoms with Crippen molar-refractivity contribution in [3.05, 3.63) is 60.2 Å². The highest BCUT2D eigenvalue weighted by atomic mass is 32.2. The van der Waals surface area contributed by atoms with E-state index in [2.05, 4.69) is 17.6 Å². The summed E-state index contributed by atoms with van der Waals surface area (Å²) in [6, 6.07) is 16.3. The molecule has 5 rings (SSSR count). The van der Waals surface area contributed by atoms with Crippen LogP contribution < -0.4 is 15.5 Å². The quantitative estimate of drug-likeness (QED) is 0.0956. The van der Waals surface area contributed by atoms with Gasteiger partial charge in [-0.1, -0.05) is 63.3 Å². The Bertz CT molecular complexity index is 1670. The van der Waals surface area contributed by atoms with Crippen LogP contribution in [0.2, 0.25) is 0 Å². The van der Waals surface area contributed by atoms with E-state index < -0.39 is 33.8 Å². The number of hydrogen-bond donors (Lipinski definition) is 2. The number of anilines is 2. The van der Waals surface area contributed by atoms with E-state index in [4.69, 9.17) is 4.18 Å². The first-order valence-corrected chi connectivity index (χ1v) is 18.3. The summed E-state index contributed by atoms with van der Waals surface area (Å²) < 4.78 is 72.2. The number of amides is 1. The number of carbonyl (C=O) groups excluding carboxylic acids is 1. The SMILES string of the molecule is CCCCCCCCSc1ccc2c(c1)[C@@H]1[C@@H](CCOS(=O)(=O)c3cccc4c(N(C)C)cccc34)C[C@]1(NC(=O)C(F)(F)F)N2. The van der Waals surface area contributed by atoms with Gasteiger partial charge in [-0.2, -0.15) is 21.6 Å². The first-order valence-electron chi connectivity index (χ1n) is 15.9. The lowest BCUT2D eigenvalue weighted by molar-refractivity contribution is -0.177. The van der Waals surface area contributed by atoms with Gasteiger partial charge >= 0.3 is 12.1 Å². The highest BCUT2D eigenvalue weighted by molar-refractivity contribution is 7.99. The highest BCUT2D eigenvalue weighted by Crippen LogP contribution is 2.59. The number of alkyl halides is 3. The zero-order valence-electron chi connectivity index (χ0n) is 26.5. The van der Waals surface area contributed by atoms with Crippen molar-refractivity contribution in [3.63, 3.8) is 0 Å². The molecule has 3 atom stereocenters. The molecule has 3 aromatic rings. The molecule has 12 heteroatoms. The van der Waals surface area contributed by atoms with Crippen molar-refractivity contribution in [2.45, 2.75) is 85.8 Å². The lowest BCUT2D eigenvalue weighted by atomic mass is 9.62. The fraction of sp³-hybridized carbons (Fsp3) is 0.500. The Morgan fingerprint density at radius 1 is 1.04 bits per heavy atom. The number of benzene rings is 3. The number of thioether (sulfide) groups is 1. The van der Waals surface area contributed by atoms with Crippen molar-refractivity contribution in [2.24, 2.45) is 5.92 Å². The Labute approximate surface area is 273 Å². The van der Waals surface area contributed by atoms with E-state index >= 15 is 0 Å². The normalized spacial score (nSPS) is 20.5. The average molecular weight is 678 g/mol. The van der Waals surface area contributed by atoms with E-state index in [1.165, 1.54) is 31.7 Å². The number of nitrogens with one attached hydrogen (secondary N) is 2. The number of hydrogen-bond acceptors (Lipinski definition) is 7. The molecule has 0 bridgehead atoms. The number of fused-ring (bicyclic) bond motifs is 4. The smallest absolute Gasteiger partial charge is 0.377 e. The standard InChI is InChI=1S/C34H42F3N3O4S2/c1-4-5-6-7-8-9-20-45-24-16-17-28-27(21-24)31-23(22-33(31,38-28)39-32(41)34(35,36)37)18-19-44-46(42,43)30-15-11-12-25-26(30)13-10-14-29(25)40(2)3/h10-17,21,23,31,38H,4-9,18-20,22H2,1-3H3,(H,39,41)/t23-,31-,33+/m0/s1. The summed E-state index contributed by atoms with van der Waals surface area (Å²) in [5, 5.41) is 6.72. The molecule has 1 fully saturated rings. The molecule has 0 radical (unpaired) electrons. The minimum Gasteiger partial charge on any atom is -0.377 e. The molecule has 1 heterocycles. The Morgan fingerprint density at radius 3 is 2.50 bits per heavy atom. The summed E-state index contributed by atoms with van der Waals surface area (Å²) in [5.41, 5.74) is 1.09. The van der Waals surface area contributed by atoms with Crippen molar-refractivity contribution < 1.29 is 30.6 Å². The summed E-state index contributed by atoms with van der Waals surface area (Å²) >= 11 is 1.72. The van der Waals surface area contributed by atoms with Crippen LogP contribution in [-0.2, 0) is 19.1 Å². The Morgan fingerprint density at radius 2 is 1.76 bits per heavy atom. The second kappa shape index (κ2) is 14.0. The third kappa shape index (κ3) is 7.28. The fourth-order valence-electron chi connectivity index (χ4n) is 6.81. The van der Waals surface area contributed by atoms with Crippen LogP contribution >= 0.6 is 11.8 Å². The molecule has 1 amide bonds. The van der Waals surface area contributed by atoms with E-state index in [9.17, 15) is 26.4 Å². The molecule has 1 aliphatic heterocycles. The van der Waals surface area contributed by atoms with Crippen molar-refractivity contribution in [3.8, 4) is 0 Å². The van der Waals surface area contributed by atoms with Gasteiger partial charge in [0.1, 0.15) is 10.6 Å². The van der Waals surface area contributed by atoms with Crippen LogP contribution in [0.3, 0.4) is 0 Å². The van der Waals surface area contributed by atoms with E-state index in [1.54, 1.807) is 30.0 Å². The number of halogens is 3. The second-order valence-electron chi connectivity index (χ2n) is 12.4. The van der Waals surface area contributed by atoms with Crippen LogP contribution in [0.5, 0.6) is 0 Å². The zero-order valence-corrected chi connectivity index (χ0v) is 28.1. The molecule has 250 valence electrons. The molecule has 0 unspecified atom stereocenters.